The number of aromatic hydroxyl groups is 1. The normalized spacial score (nSPS) is 19.4. The van der Waals surface area contributed by atoms with Crippen LogP contribution in [0.5, 0.6) is 5.88 Å². The van der Waals surface area contributed by atoms with Crippen molar-refractivity contribution < 1.29 is 5.11 Å². The summed E-state index contributed by atoms with van der Waals surface area (Å²) in [6.45, 7) is 6.76. The monoisotopic (exact) mass is 269 g/mol. The Morgan fingerprint density at radius 3 is 2.80 bits per heavy atom. The van der Waals surface area contributed by atoms with E-state index in [9.17, 15) is 5.11 Å². The Labute approximate surface area is 118 Å². The molecule has 0 fully saturated rings. The third kappa shape index (κ3) is 2.22. The smallest absolute Gasteiger partial charge is 0.216 e. The molecule has 0 aliphatic heterocycles. The van der Waals surface area contributed by atoms with Gasteiger partial charge in [0.1, 0.15) is 0 Å². The maximum atomic E-state index is 9.96. The lowest BCUT2D eigenvalue weighted by atomic mass is 9.76. The first-order valence-corrected chi connectivity index (χ1v) is 6.87. The lowest BCUT2D eigenvalue weighted by Gasteiger charge is -2.29. The van der Waals surface area contributed by atoms with Crippen molar-refractivity contribution in [2.75, 3.05) is 0 Å². The molecule has 1 aliphatic rings. The summed E-state index contributed by atoms with van der Waals surface area (Å²) in [5.41, 5.74) is 2.78. The van der Waals surface area contributed by atoms with Crippen LogP contribution in [0.2, 0.25) is 0 Å². The molecule has 4 nitrogen and oxygen atoms in total. The van der Waals surface area contributed by atoms with Gasteiger partial charge in [0.05, 0.1) is 11.9 Å². The van der Waals surface area contributed by atoms with Crippen LogP contribution in [0.3, 0.4) is 0 Å². The molecule has 1 atom stereocenters. The summed E-state index contributed by atoms with van der Waals surface area (Å²) in [6.07, 6.45) is 9.18. The van der Waals surface area contributed by atoms with E-state index in [1.54, 1.807) is 18.3 Å². The van der Waals surface area contributed by atoms with Gasteiger partial charge in [0.15, 0.2) is 5.65 Å². The van der Waals surface area contributed by atoms with Gasteiger partial charge in [0.2, 0.25) is 5.88 Å². The van der Waals surface area contributed by atoms with Gasteiger partial charge in [-0.25, -0.2) is 4.98 Å². The molecule has 0 bridgehead atoms. The Hall–Kier alpha value is -2.10. The number of hydrogen-bond donors (Lipinski definition) is 1. The second-order valence-corrected chi connectivity index (χ2v) is 6.33. The number of hydrogen-bond acceptors (Lipinski definition) is 3. The second-order valence-electron chi connectivity index (χ2n) is 6.33. The maximum Gasteiger partial charge on any atom is 0.216 e. The van der Waals surface area contributed by atoms with Crippen molar-refractivity contribution in [3.05, 3.63) is 42.3 Å². The van der Waals surface area contributed by atoms with E-state index in [0.717, 1.165) is 17.7 Å². The zero-order chi connectivity index (χ0) is 14.3. The molecular formula is C16H19N3O. The minimum absolute atomic E-state index is 0.113. The van der Waals surface area contributed by atoms with Crippen molar-refractivity contribution in [1.82, 2.24) is 14.6 Å². The van der Waals surface area contributed by atoms with Gasteiger partial charge < -0.3 is 5.11 Å². The molecule has 0 saturated carbocycles. The fourth-order valence-corrected chi connectivity index (χ4v) is 2.50. The lowest BCUT2D eigenvalue weighted by molar-refractivity contribution is 0.294. The van der Waals surface area contributed by atoms with Crippen molar-refractivity contribution in [1.29, 1.82) is 0 Å². The Morgan fingerprint density at radius 1 is 1.35 bits per heavy atom. The Morgan fingerprint density at radius 2 is 2.15 bits per heavy atom. The van der Waals surface area contributed by atoms with Crippen LogP contribution in [-0.2, 0) is 0 Å². The van der Waals surface area contributed by atoms with Gasteiger partial charge in [0, 0.05) is 12.1 Å². The summed E-state index contributed by atoms with van der Waals surface area (Å²) in [5.74, 6) is 0.654. The first kappa shape index (κ1) is 12.9. The summed E-state index contributed by atoms with van der Waals surface area (Å²) < 4.78 is 1.43. The van der Waals surface area contributed by atoms with Crippen LogP contribution < -0.4 is 0 Å². The molecule has 2 heterocycles. The predicted octanol–water partition coefficient (Wildman–Crippen LogP) is 3.44. The summed E-state index contributed by atoms with van der Waals surface area (Å²) in [6, 6.07) is 3.45. The van der Waals surface area contributed by atoms with Crippen molar-refractivity contribution >= 4 is 11.2 Å². The maximum absolute atomic E-state index is 9.96. The summed E-state index contributed by atoms with van der Waals surface area (Å²) in [7, 11) is 0. The van der Waals surface area contributed by atoms with Crippen molar-refractivity contribution in [2.45, 2.75) is 27.2 Å². The van der Waals surface area contributed by atoms with Crippen LogP contribution in [0.4, 0.5) is 0 Å². The Bertz CT molecular complexity index is 704. The van der Waals surface area contributed by atoms with E-state index < -0.39 is 0 Å². The van der Waals surface area contributed by atoms with E-state index in [1.165, 1.54) is 4.52 Å². The van der Waals surface area contributed by atoms with Gasteiger partial charge in [-0.1, -0.05) is 39.0 Å². The van der Waals surface area contributed by atoms with Gasteiger partial charge in [-0.15, -0.1) is 0 Å². The van der Waals surface area contributed by atoms with E-state index in [-0.39, 0.29) is 11.3 Å². The molecule has 2 aromatic rings. The molecule has 104 valence electrons. The highest BCUT2D eigenvalue weighted by Crippen LogP contribution is 2.35. The third-order valence-corrected chi connectivity index (χ3v) is 3.85. The Kier molecular flexibility index (Phi) is 2.89. The molecule has 0 radical (unpaired) electrons. The van der Waals surface area contributed by atoms with Gasteiger partial charge in [-0.05, 0) is 23.3 Å². The van der Waals surface area contributed by atoms with Crippen LogP contribution in [0.25, 0.3) is 11.2 Å². The number of rotatable bonds is 1. The molecule has 1 aliphatic carbocycles. The molecular weight excluding hydrogens is 250 g/mol. The quantitative estimate of drug-likeness (QED) is 0.862. The molecule has 3 rings (SSSR count). The summed E-state index contributed by atoms with van der Waals surface area (Å²) in [4.78, 5) is 4.53. The van der Waals surface area contributed by atoms with E-state index in [2.05, 4.69) is 49.1 Å². The van der Waals surface area contributed by atoms with E-state index >= 15 is 0 Å². The van der Waals surface area contributed by atoms with Gasteiger partial charge in [-0.3, -0.25) is 0 Å². The Balaban J connectivity index is 1.93. The van der Waals surface area contributed by atoms with Gasteiger partial charge >= 0.3 is 0 Å². The van der Waals surface area contributed by atoms with E-state index in [0.29, 0.717) is 11.6 Å². The molecule has 0 saturated heterocycles. The number of allylic oxidation sites excluding steroid dienone is 4. The van der Waals surface area contributed by atoms with Crippen molar-refractivity contribution in [3.63, 3.8) is 0 Å². The topological polar surface area (TPSA) is 50.4 Å². The minimum atomic E-state index is 0.113. The van der Waals surface area contributed by atoms with Crippen molar-refractivity contribution in [3.8, 4) is 5.88 Å². The van der Waals surface area contributed by atoms with Gasteiger partial charge in [-0.2, -0.15) is 9.61 Å². The highest BCUT2D eigenvalue weighted by molar-refractivity contribution is 5.74. The number of aromatic nitrogens is 3. The van der Waals surface area contributed by atoms with Crippen LogP contribution >= 0.6 is 0 Å². The molecule has 0 amide bonds. The van der Waals surface area contributed by atoms with Gasteiger partial charge in [0.25, 0.3) is 0 Å². The molecule has 1 unspecified atom stereocenters. The first-order chi connectivity index (χ1) is 9.45. The second kappa shape index (κ2) is 4.47. The summed E-state index contributed by atoms with van der Waals surface area (Å²) >= 11 is 0. The standard InChI is InChI=1S/C16H19N3O/c1-16(2,3)12-6-4-11(5-7-12)13-10-15(20)19-14(18-13)8-9-17-19/h4-6,8-10,12,20H,7H2,1-3H3. The van der Waals surface area contributed by atoms with Crippen molar-refractivity contribution in [2.24, 2.45) is 11.3 Å². The largest absolute Gasteiger partial charge is 0.493 e. The fraction of sp³-hybridized carbons (Fsp3) is 0.375. The first-order valence-electron chi connectivity index (χ1n) is 6.87. The molecule has 0 aromatic carbocycles. The third-order valence-electron chi connectivity index (χ3n) is 3.85. The average Bonchev–Trinajstić information content (AvgIpc) is 2.86. The van der Waals surface area contributed by atoms with Crippen LogP contribution in [0.15, 0.2) is 36.6 Å². The van der Waals surface area contributed by atoms with Crippen LogP contribution in [-0.4, -0.2) is 19.7 Å². The molecule has 4 heteroatoms. The molecule has 2 aromatic heterocycles. The predicted molar refractivity (Wildman–Crippen MR) is 79.3 cm³/mol. The molecule has 1 N–H and O–H groups in total. The zero-order valence-corrected chi connectivity index (χ0v) is 12.0. The summed E-state index contributed by atoms with van der Waals surface area (Å²) in [5, 5.41) is 14.0. The SMILES string of the molecule is CC(C)(C)C1C=CC(c2cc(O)n3nccc3n2)=CC1. The lowest BCUT2D eigenvalue weighted by Crippen LogP contribution is -2.19. The average molecular weight is 269 g/mol. The number of fused-ring (bicyclic) bond motifs is 1. The fourth-order valence-electron chi connectivity index (χ4n) is 2.50. The van der Waals surface area contributed by atoms with Crippen LogP contribution in [0.1, 0.15) is 32.9 Å². The number of nitrogens with zero attached hydrogens (tertiary/aromatic N) is 3. The molecule has 20 heavy (non-hydrogen) atoms. The molecule has 0 spiro atoms. The van der Waals surface area contributed by atoms with E-state index in [1.807, 2.05) is 0 Å². The van der Waals surface area contributed by atoms with Crippen LogP contribution in [0, 0.1) is 11.3 Å². The highest BCUT2D eigenvalue weighted by atomic mass is 16.3. The zero-order valence-electron chi connectivity index (χ0n) is 12.0. The minimum Gasteiger partial charge on any atom is -0.493 e. The highest BCUT2D eigenvalue weighted by Gasteiger charge is 2.23. The van der Waals surface area contributed by atoms with E-state index in [4.69, 9.17) is 0 Å².